The maximum absolute atomic E-state index is 6.10. The van der Waals surface area contributed by atoms with Gasteiger partial charge in [-0.15, -0.1) is 11.3 Å². The Morgan fingerprint density at radius 1 is 1.29 bits per heavy atom. The maximum atomic E-state index is 6.10. The number of hydrogen-bond acceptors (Lipinski definition) is 3. The summed E-state index contributed by atoms with van der Waals surface area (Å²) in [6.45, 7) is 4.61. The quantitative estimate of drug-likeness (QED) is 0.908. The fraction of sp³-hybridized carbons (Fsp3) is 0.692. The second-order valence-corrected chi connectivity index (χ2v) is 6.81. The Morgan fingerprint density at radius 3 is 2.59 bits per heavy atom. The van der Waals surface area contributed by atoms with Crippen molar-refractivity contribution in [3.05, 3.63) is 21.3 Å². The van der Waals surface area contributed by atoms with Crippen LogP contribution in [0.25, 0.3) is 0 Å². The Hall–Kier alpha value is -0.0900. The van der Waals surface area contributed by atoms with E-state index in [1.54, 1.807) is 11.3 Å². The van der Waals surface area contributed by atoms with Crippen LogP contribution in [0.5, 0.6) is 0 Å². The minimum Gasteiger partial charge on any atom is -0.314 e. The van der Waals surface area contributed by atoms with Gasteiger partial charge in [0.1, 0.15) is 0 Å². The van der Waals surface area contributed by atoms with E-state index in [0.29, 0.717) is 6.04 Å². The topological polar surface area (TPSA) is 15.3 Å². The second kappa shape index (κ2) is 5.27. The molecular weight excluding hydrogens is 252 g/mol. The number of rotatable bonds is 3. The summed E-state index contributed by atoms with van der Waals surface area (Å²) in [6.07, 6.45) is 4.20. The van der Waals surface area contributed by atoms with Crippen molar-refractivity contribution in [2.75, 3.05) is 26.2 Å². The third-order valence-corrected chi connectivity index (χ3v) is 5.33. The number of halogens is 1. The van der Waals surface area contributed by atoms with Crippen LogP contribution in [0, 0.1) is 5.92 Å². The largest absolute Gasteiger partial charge is 0.314 e. The molecule has 1 aromatic rings. The minimum absolute atomic E-state index is 0.628. The van der Waals surface area contributed by atoms with Gasteiger partial charge >= 0.3 is 0 Å². The van der Waals surface area contributed by atoms with Crippen LogP contribution in [0.15, 0.2) is 12.1 Å². The molecule has 17 heavy (non-hydrogen) atoms. The molecule has 2 heterocycles. The normalized spacial score (nSPS) is 24.5. The van der Waals surface area contributed by atoms with Gasteiger partial charge in [0.2, 0.25) is 0 Å². The smallest absolute Gasteiger partial charge is 0.0931 e. The first-order chi connectivity index (χ1) is 8.34. The van der Waals surface area contributed by atoms with Gasteiger partial charge < -0.3 is 5.32 Å². The molecular formula is C13H19ClN2S. The Balaban J connectivity index is 1.80. The summed E-state index contributed by atoms with van der Waals surface area (Å²) in [4.78, 5) is 4.13. The molecule has 0 bridgehead atoms. The average molecular weight is 271 g/mol. The lowest BCUT2D eigenvalue weighted by atomic mass is 9.78. The molecule has 3 rings (SSSR count). The van der Waals surface area contributed by atoms with Gasteiger partial charge in [0.15, 0.2) is 0 Å². The van der Waals surface area contributed by atoms with Gasteiger partial charge in [-0.1, -0.05) is 18.0 Å². The van der Waals surface area contributed by atoms with Crippen LogP contribution in [-0.2, 0) is 0 Å². The lowest BCUT2D eigenvalue weighted by Crippen LogP contribution is -2.47. The van der Waals surface area contributed by atoms with Crippen LogP contribution in [0.1, 0.15) is 30.2 Å². The summed E-state index contributed by atoms with van der Waals surface area (Å²) in [5, 5.41) is 3.44. The molecule has 0 aromatic carbocycles. The number of thiophene rings is 1. The van der Waals surface area contributed by atoms with Gasteiger partial charge in [-0.05, 0) is 30.9 Å². The number of piperazine rings is 1. The lowest BCUT2D eigenvalue weighted by Gasteiger charge is -2.42. The van der Waals surface area contributed by atoms with Gasteiger partial charge in [0, 0.05) is 37.1 Å². The third kappa shape index (κ3) is 2.53. The molecule has 94 valence electrons. The Labute approximate surface area is 112 Å². The van der Waals surface area contributed by atoms with Crippen molar-refractivity contribution in [3.8, 4) is 0 Å². The van der Waals surface area contributed by atoms with Crippen molar-refractivity contribution >= 4 is 22.9 Å². The Kier molecular flexibility index (Phi) is 3.71. The van der Waals surface area contributed by atoms with E-state index in [9.17, 15) is 0 Å². The summed E-state index contributed by atoms with van der Waals surface area (Å²) >= 11 is 7.87. The van der Waals surface area contributed by atoms with E-state index in [0.717, 1.165) is 23.3 Å². The Bertz CT molecular complexity index is 369. The summed E-state index contributed by atoms with van der Waals surface area (Å²) in [7, 11) is 0. The Morgan fingerprint density at radius 2 is 2.06 bits per heavy atom. The maximum Gasteiger partial charge on any atom is 0.0931 e. The first-order valence-corrected chi connectivity index (χ1v) is 7.74. The zero-order chi connectivity index (χ0) is 11.7. The number of hydrogen-bond donors (Lipinski definition) is 1. The summed E-state index contributed by atoms with van der Waals surface area (Å²) < 4.78 is 0.930. The van der Waals surface area contributed by atoms with Gasteiger partial charge in [0.25, 0.3) is 0 Å². The zero-order valence-corrected chi connectivity index (χ0v) is 11.6. The number of nitrogens with one attached hydrogen (secondary N) is 1. The average Bonchev–Trinajstić information content (AvgIpc) is 2.71. The fourth-order valence-corrected chi connectivity index (χ4v) is 4.20. The van der Waals surface area contributed by atoms with Gasteiger partial charge in [-0.2, -0.15) is 0 Å². The first kappa shape index (κ1) is 12.0. The molecule has 0 spiro atoms. The van der Waals surface area contributed by atoms with Crippen LogP contribution in [0.3, 0.4) is 0 Å². The van der Waals surface area contributed by atoms with Gasteiger partial charge in [-0.25, -0.2) is 0 Å². The van der Waals surface area contributed by atoms with Crippen LogP contribution >= 0.6 is 22.9 Å². The van der Waals surface area contributed by atoms with E-state index in [4.69, 9.17) is 11.6 Å². The van der Waals surface area contributed by atoms with E-state index in [1.165, 1.54) is 37.2 Å². The highest BCUT2D eigenvalue weighted by atomic mass is 35.5. The predicted molar refractivity (Wildman–Crippen MR) is 73.9 cm³/mol. The molecule has 2 aliphatic rings. The van der Waals surface area contributed by atoms with Crippen molar-refractivity contribution in [3.63, 3.8) is 0 Å². The molecule has 4 heteroatoms. The van der Waals surface area contributed by atoms with Crippen LogP contribution in [-0.4, -0.2) is 31.1 Å². The summed E-state index contributed by atoms with van der Waals surface area (Å²) in [6, 6.07) is 4.91. The molecule has 2 nitrogen and oxygen atoms in total. The molecule has 1 atom stereocenters. The van der Waals surface area contributed by atoms with E-state index >= 15 is 0 Å². The highest BCUT2D eigenvalue weighted by Crippen LogP contribution is 2.44. The fourth-order valence-electron chi connectivity index (χ4n) is 2.91. The highest BCUT2D eigenvalue weighted by Gasteiger charge is 2.34. The molecule has 1 N–H and O–H groups in total. The van der Waals surface area contributed by atoms with E-state index in [2.05, 4.69) is 22.3 Å². The molecule has 1 aromatic heterocycles. The first-order valence-electron chi connectivity index (χ1n) is 6.54. The molecule has 1 saturated heterocycles. The standard InChI is InChI=1S/C13H19ClN2S/c14-12-5-4-11(17-12)13(10-2-1-3-10)16-8-6-15-7-9-16/h4-5,10,13,15H,1-3,6-9H2/t13-/m0/s1. The lowest BCUT2D eigenvalue weighted by molar-refractivity contribution is 0.0861. The monoisotopic (exact) mass is 270 g/mol. The molecule has 1 aliphatic heterocycles. The molecule has 0 amide bonds. The molecule has 0 radical (unpaired) electrons. The van der Waals surface area contributed by atoms with Crippen molar-refractivity contribution in [1.82, 2.24) is 10.2 Å². The van der Waals surface area contributed by atoms with Crippen molar-refractivity contribution in [2.45, 2.75) is 25.3 Å². The summed E-state index contributed by atoms with van der Waals surface area (Å²) in [5.41, 5.74) is 0. The van der Waals surface area contributed by atoms with E-state index < -0.39 is 0 Å². The molecule has 2 fully saturated rings. The van der Waals surface area contributed by atoms with Crippen LogP contribution < -0.4 is 5.32 Å². The highest BCUT2D eigenvalue weighted by molar-refractivity contribution is 7.16. The van der Waals surface area contributed by atoms with Crippen LogP contribution in [0.2, 0.25) is 4.34 Å². The van der Waals surface area contributed by atoms with Gasteiger partial charge in [0.05, 0.1) is 4.34 Å². The van der Waals surface area contributed by atoms with Crippen molar-refractivity contribution in [1.29, 1.82) is 0 Å². The van der Waals surface area contributed by atoms with E-state index in [-0.39, 0.29) is 0 Å². The number of nitrogens with zero attached hydrogens (tertiary/aromatic N) is 1. The predicted octanol–water partition coefficient (Wildman–Crippen LogP) is 3.15. The SMILES string of the molecule is Clc1ccc([C@H](C2CCC2)N2CCNCC2)s1. The summed E-state index contributed by atoms with van der Waals surface area (Å²) in [5.74, 6) is 0.864. The molecule has 0 unspecified atom stereocenters. The second-order valence-electron chi connectivity index (χ2n) is 5.06. The van der Waals surface area contributed by atoms with Crippen molar-refractivity contribution < 1.29 is 0 Å². The third-order valence-electron chi connectivity index (χ3n) is 4.03. The van der Waals surface area contributed by atoms with E-state index in [1.807, 2.05) is 0 Å². The molecule has 1 saturated carbocycles. The molecule has 1 aliphatic carbocycles. The van der Waals surface area contributed by atoms with Crippen LogP contribution in [0.4, 0.5) is 0 Å². The van der Waals surface area contributed by atoms with Gasteiger partial charge in [-0.3, -0.25) is 4.90 Å². The zero-order valence-electron chi connectivity index (χ0n) is 9.99. The van der Waals surface area contributed by atoms with Crippen molar-refractivity contribution in [2.24, 2.45) is 5.92 Å². The minimum atomic E-state index is 0.628.